The molecular weight excluding hydrogens is 91.0 g/mol. The molecule has 0 atom stereocenters. The van der Waals surface area contributed by atoms with Crippen LogP contribution in [0.3, 0.4) is 0 Å². The van der Waals surface area contributed by atoms with Crippen LogP contribution >= 0.6 is 8.70 Å². The Morgan fingerprint density at radius 3 is 2.17 bits per heavy atom. The molecule has 0 spiro atoms. The van der Waals surface area contributed by atoms with E-state index in [0.29, 0.717) is 5.92 Å². The molecule has 0 N–H and O–H groups in total. The predicted octanol–water partition coefficient (Wildman–Crippen LogP) is 2.40. The van der Waals surface area contributed by atoms with Crippen molar-refractivity contribution in [1.29, 1.82) is 0 Å². The Balaban J connectivity index is 2.88. The van der Waals surface area contributed by atoms with E-state index < -0.39 is 0 Å². The molecule has 0 rings (SSSR count). The van der Waals surface area contributed by atoms with E-state index in [0.717, 1.165) is 6.42 Å². The average Bonchev–Trinajstić information content (AvgIpc) is 1.35. The zero-order chi connectivity index (χ0) is 4.99. The maximum atomic E-state index is 3.81. The summed E-state index contributed by atoms with van der Waals surface area (Å²) in [6.45, 7) is 4.28. The van der Waals surface area contributed by atoms with Gasteiger partial charge < -0.3 is 0 Å². The molecule has 0 aromatic heterocycles. The van der Waals surface area contributed by atoms with Crippen molar-refractivity contribution >= 4 is 8.70 Å². The molecule has 0 saturated heterocycles. The second-order valence-corrected chi connectivity index (χ2v) is 2.07. The van der Waals surface area contributed by atoms with E-state index in [-0.39, 0.29) is 0 Å². The SMILES string of the molecule is CC(C)CC#P. The van der Waals surface area contributed by atoms with Crippen LogP contribution in [-0.4, -0.2) is 0 Å². The Labute approximate surface area is 41.4 Å². The van der Waals surface area contributed by atoms with E-state index in [9.17, 15) is 0 Å². The molecule has 1 heteroatoms. The number of rotatable bonds is 1. The van der Waals surface area contributed by atoms with Gasteiger partial charge >= 0.3 is 40.5 Å². The van der Waals surface area contributed by atoms with Gasteiger partial charge in [-0.1, -0.05) is 0 Å². The molecule has 0 aliphatic heterocycles. The van der Waals surface area contributed by atoms with E-state index in [2.05, 4.69) is 28.2 Å². The van der Waals surface area contributed by atoms with E-state index in [1.807, 2.05) is 0 Å². The van der Waals surface area contributed by atoms with Crippen molar-refractivity contribution in [2.45, 2.75) is 20.3 Å². The Kier molecular flexibility index (Phi) is 3.52. The van der Waals surface area contributed by atoms with Gasteiger partial charge in [-0.05, 0) is 0 Å². The van der Waals surface area contributed by atoms with Gasteiger partial charge in [0.2, 0.25) is 0 Å². The Morgan fingerprint density at radius 2 is 2.17 bits per heavy atom. The Morgan fingerprint density at radius 1 is 1.67 bits per heavy atom. The fourth-order valence-electron chi connectivity index (χ4n) is 0.183. The Bertz CT molecular complexity index is 58.8. The molecule has 0 saturated carbocycles. The molecule has 0 bridgehead atoms. The third-order valence-electron chi connectivity index (χ3n) is 0.500. The fraction of sp³-hybridized carbons (Fsp3) is 0.800. The van der Waals surface area contributed by atoms with Crippen molar-refractivity contribution in [2.75, 3.05) is 0 Å². The van der Waals surface area contributed by atoms with Crippen molar-refractivity contribution in [2.24, 2.45) is 5.92 Å². The molecule has 6 heavy (non-hydrogen) atoms. The predicted molar refractivity (Wildman–Crippen MR) is 30.3 cm³/mol. The molecule has 0 aliphatic rings. The molecule has 0 aromatic rings. The van der Waals surface area contributed by atoms with Crippen LogP contribution < -0.4 is 0 Å². The molecule has 0 nitrogen and oxygen atoms in total. The molecule has 0 fully saturated rings. The molecule has 0 aliphatic carbocycles. The monoisotopic (exact) mass is 100 g/mol. The summed E-state index contributed by atoms with van der Waals surface area (Å²) in [5.74, 6) is 0.711. The molecule has 34 valence electrons. The number of hydrogen-bond acceptors (Lipinski definition) is 0. The second kappa shape index (κ2) is 3.40. The summed E-state index contributed by atoms with van der Waals surface area (Å²) in [6, 6.07) is 0. The summed E-state index contributed by atoms with van der Waals surface area (Å²) in [5, 5.41) is 0. The summed E-state index contributed by atoms with van der Waals surface area (Å²) < 4.78 is 0. The van der Waals surface area contributed by atoms with E-state index in [1.54, 1.807) is 0 Å². The molecular formula is C5H9P. The first-order valence-electron chi connectivity index (χ1n) is 2.14. The van der Waals surface area contributed by atoms with Gasteiger partial charge in [-0.2, -0.15) is 0 Å². The fourth-order valence-corrected chi connectivity index (χ4v) is 0.548. The Hall–Kier alpha value is 0.210. The van der Waals surface area contributed by atoms with Gasteiger partial charge in [-0.3, -0.25) is 0 Å². The molecule has 0 unspecified atom stereocenters. The van der Waals surface area contributed by atoms with Gasteiger partial charge in [0.25, 0.3) is 0 Å². The quantitative estimate of drug-likeness (QED) is 0.444. The van der Waals surface area contributed by atoms with Crippen molar-refractivity contribution in [3.63, 3.8) is 0 Å². The van der Waals surface area contributed by atoms with Gasteiger partial charge in [-0.15, -0.1) is 0 Å². The standard InChI is InChI=1S/C5H9P/c1-5(2)3-4-6/h5H,3H2,1-2H3. The summed E-state index contributed by atoms with van der Waals surface area (Å²) >= 11 is 0. The minimum absolute atomic E-state index is 0.711. The third-order valence-corrected chi connectivity index (χ3v) is 0.682. The summed E-state index contributed by atoms with van der Waals surface area (Å²) in [6.07, 6.45) is 0.989. The van der Waals surface area contributed by atoms with Gasteiger partial charge in [0, 0.05) is 0 Å². The summed E-state index contributed by atoms with van der Waals surface area (Å²) in [4.78, 5) is 0. The number of hydrogen-bond donors (Lipinski definition) is 0. The third kappa shape index (κ3) is 4.21. The average molecular weight is 100 g/mol. The van der Waals surface area contributed by atoms with Crippen LogP contribution in [0.1, 0.15) is 20.3 Å². The van der Waals surface area contributed by atoms with Crippen LogP contribution in [0.15, 0.2) is 0 Å². The van der Waals surface area contributed by atoms with Crippen molar-refractivity contribution in [3.05, 3.63) is 0 Å². The van der Waals surface area contributed by atoms with Crippen molar-refractivity contribution in [3.8, 4) is 5.63 Å². The van der Waals surface area contributed by atoms with Crippen LogP contribution in [-0.2, 0) is 0 Å². The van der Waals surface area contributed by atoms with E-state index in [1.165, 1.54) is 0 Å². The summed E-state index contributed by atoms with van der Waals surface area (Å²) in [5.41, 5.74) is 2.76. The van der Waals surface area contributed by atoms with E-state index in [4.69, 9.17) is 0 Å². The molecule has 0 amide bonds. The van der Waals surface area contributed by atoms with Crippen LogP contribution in [0.4, 0.5) is 0 Å². The van der Waals surface area contributed by atoms with Gasteiger partial charge in [-0.25, -0.2) is 0 Å². The zero-order valence-corrected chi connectivity index (χ0v) is 5.13. The molecule has 0 heterocycles. The van der Waals surface area contributed by atoms with Gasteiger partial charge in [0.15, 0.2) is 0 Å². The van der Waals surface area contributed by atoms with Gasteiger partial charge in [0.1, 0.15) is 0 Å². The minimum atomic E-state index is 0.711. The first kappa shape index (κ1) is 6.21. The van der Waals surface area contributed by atoms with Crippen molar-refractivity contribution in [1.82, 2.24) is 0 Å². The molecule has 0 radical (unpaired) electrons. The van der Waals surface area contributed by atoms with E-state index >= 15 is 0 Å². The van der Waals surface area contributed by atoms with Crippen LogP contribution in [0.25, 0.3) is 0 Å². The summed E-state index contributed by atoms with van der Waals surface area (Å²) in [7, 11) is 3.81. The van der Waals surface area contributed by atoms with Crippen LogP contribution in [0.2, 0.25) is 0 Å². The van der Waals surface area contributed by atoms with Crippen LogP contribution in [0, 0.1) is 11.5 Å². The van der Waals surface area contributed by atoms with Crippen molar-refractivity contribution < 1.29 is 0 Å². The first-order chi connectivity index (χ1) is 2.77. The zero-order valence-electron chi connectivity index (χ0n) is 4.23. The topological polar surface area (TPSA) is 0 Å². The normalized spacial score (nSPS) is 8.33. The van der Waals surface area contributed by atoms with Crippen LogP contribution in [0.5, 0.6) is 0 Å². The maximum absolute atomic E-state index is 3.81. The van der Waals surface area contributed by atoms with Gasteiger partial charge in [0.05, 0.1) is 0 Å². The molecule has 0 aromatic carbocycles. The first-order valence-corrected chi connectivity index (χ1v) is 2.59. The second-order valence-electron chi connectivity index (χ2n) is 1.76.